The molecule has 2 aromatic heterocycles. The van der Waals surface area contributed by atoms with Crippen LogP contribution in [0.4, 0.5) is 26.3 Å². The van der Waals surface area contributed by atoms with Gasteiger partial charge in [0.25, 0.3) is 0 Å². The van der Waals surface area contributed by atoms with Crippen LogP contribution in [0.2, 0.25) is 0 Å². The number of alkyl halides is 6. The van der Waals surface area contributed by atoms with Crippen molar-refractivity contribution in [3.63, 3.8) is 0 Å². The molecule has 52 heavy (non-hydrogen) atoms. The molecule has 0 atom stereocenters. The summed E-state index contributed by atoms with van der Waals surface area (Å²) in [5.74, 6) is 1.39. The number of hydrogen-bond donors (Lipinski definition) is 0. The van der Waals surface area contributed by atoms with E-state index in [0.717, 1.165) is 44.3 Å². The first-order valence-electron chi connectivity index (χ1n) is 16.1. The fraction of sp³-hybridized carbons (Fsp3) is 0.150. The Kier molecular flexibility index (Phi) is 12.4. The van der Waals surface area contributed by atoms with Crippen LogP contribution >= 0.6 is 31.9 Å². The minimum atomic E-state index is -4.37. The van der Waals surface area contributed by atoms with Gasteiger partial charge in [-0.3, -0.25) is 0 Å². The minimum Gasteiger partial charge on any atom is -0.331 e. The average Bonchev–Trinajstić information content (AvgIpc) is 3.75. The predicted octanol–water partition coefficient (Wildman–Crippen LogP) is 13.0. The van der Waals surface area contributed by atoms with Gasteiger partial charge in [-0.2, -0.15) is 26.3 Å². The molecule has 0 radical (unpaired) electrons. The summed E-state index contributed by atoms with van der Waals surface area (Å²) in [6.07, 6.45) is 2.40. The lowest BCUT2D eigenvalue weighted by atomic mass is 10.1. The van der Waals surface area contributed by atoms with E-state index in [1.165, 1.54) is 12.1 Å². The normalized spacial score (nSPS) is 12.0. The second-order valence-electron chi connectivity index (χ2n) is 11.5. The minimum absolute atomic E-state index is 0.449. The number of imidazole rings is 2. The average molecular weight is 843 g/mol. The molecule has 0 fully saturated rings. The summed E-state index contributed by atoms with van der Waals surface area (Å²) in [6.45, 7) is 5.28. The van der Waals surface area contributed by atoms with E-state index in [-0.39, 0.29) is 0 Å². The predicted molar refractivity (Wildman–Crippen MR) is 203 cm³/mol. The first-order chi connectivity index (χ1) is 24.7. The fourth-order valence-corrected chi connectivity index (χ4v) is 5.64. The Labute approximate surface area is 314 Å². The zero-order chi connectivity index (χ0) is 37.5. The Morgan fingerprint density at radius 2 is 0.904 bits per heavy atom. The summed E-state index contributed by atoms with van der Waals surface area (Å²) >= 11 is 6.79. The molecule has 0 unspecified atom stereocenters. The van der Waals surface area contributed by atoms with Crippen molar-refractivity contribution in [2.75, 3.05) is 0 Å². The molecule has 268 valence electrons. The number of rotatable bonds is 8. The highest BCUT2D eigenvalue weighted by Gasteiger charge is 2.31. The molecule has 6 rings (SSSR count). The van der Waals surface area contributed by atoms with Crippen LogP contribution in [-0.4, -0.2) is 19.1 Å². The summed E-state index contributed by atoms with van der Waals surface area (Å²) in [5.41, 5.74) is 2.62. The molecule has 0 aliphatic heterocycles. The summed E-state index contributed by atoms with van der Waals surface area (Å²) in [6, 6.07) is 26.1. The number of aryl methyl sites for hydroxylation is 2. The number of hydrogen-bond acceptors (Lipinski definition) is 2. The second kappa shape index (κ2) is 16.8. The lowest BCUT2D eigenvalue weighted by Gasteiger charge is -2.07. The molecular formula is C40H32Br2F6N4. The zero-order valence-electron chi connectivity index (χ0n) is 27.9. The van der Waals surface area contributed by atoms with Crippen LogP contribution in [0.5, 0.6) is 0 Å². The van der Waals surface area contributed by atoms with Gasteiger partial charge in [-0.1, -0.05) is 92.5 Å². The largest absolute Gasteiger partial charge is 0.416 e. The summed E-state index contributed by atoms with van der Waals surface area (Å²) in [5, 5.41) is 0. The summed E-state index contributed by atoms with van der Waals surface area (Å²) in [7, 11) is 0. The second-order valence-corrected chi connectivity index (χ2v) is 13.3. The molecule has 0 amide bonds. The van der Waals surface area contributed by atoms with E-state index in [2.05, 4.69) is 41.8 Å². The van der Waals surface area contributed by atoms with E-state index in [0.29, 0.717) is 47.3 Å². The van der Waals surface area contributed by atoms with Gasteiger partial charge in [-0.25, -0.2) is 9.97 Å². The van der Waals surface area contributed by atoms with E-state index in [9.17, 15) is 26.3 Å². The molecule has 4 nitrogen and oxygen atoms in total. The van der Waals surface area contributed by atoms with Crippen molar-refractivity contribution < 1.29 is 26.3 Å². The molecule has 6 aromatic rings. The van der Waals surface area contributed by atoms with Crippen molar-refractivity contribution in [2.45, 2.75) is 39.3 Å². The van der Waals surface area contributed by atoms with Crippen molar-refractivity contribution in [1.29, 1.82) is 0 Å². The summed E-state index contributed by atoms with van der Waals surface area (Å²) in [4.78, 5) is 9.01. The Bertz CT molecular complexity index is 2010. The van der Waals surface area contributed by atoms with Crippen LogP contribution in [0.25, 0.3) is 46.8 Å². The molecule has 2 heterocycles. The molecule has 4 aromatic carbocycles. The van der Waals surface area contributed by atoms with Crippen LogP contribution in [0, 0.1) is 0 Å². The van der Waals surface area contributed by atoms with Gasteiger partial charge in [0.1, 0.15) is 11.6 Å². The van der Waals surface area contributed by atoms with Crippen molar-refractivity contribution in [3.8, 4) is 22.5 Å². The maximum Gasteiger partial charge on any atom is 0.416 e. The smallest absolute Gasteiger partial charge is 0.331 e. The lowest BCUT2D eigenvalue weighted by Crippen LogP contribution is -2.04. The molecular weight excluding hydrogens is 810 g/mol. The third-order valence-corrected chi connectivity index (χ3v) is 8.91. The van der Waals surface area contributed by atoms with Crippen LogP contribution in [0.3, 0.4) is 0 Å². The van der Waals surface area contributed by atoms with Gasteiger partial charge < -0.3 is 9.13 Å². The van der Waals surface area contributed by atoms with Crippen LogP contribution in [-0.2, 0) is 25.4 Å². The van der Waals surface area contributed by atoms with Gasteiger partial charge >= 0.3 is 12.4 Å². The zero-order valence-corrected chi connectivity index (χ0v) is 31.1. The quantitative estimate of drug-likeness (QED) is 0.143. The van der Waals surface area contributed by atoms with Crippen molar-refractivity contribution in [1.82, 2.24) is 19.1 Å². The highest BCUT2D eigenvalue weighted by Crippen LogP contribution is 2.33. The monoisotopic (exact) mass is 840 g/mol. The van der Waals surface area contributed by atoms with Gasteiger partial charge in [-0.15, -0.1) is 0 Å². The number of benzene rings is 4. The standard InChI is InChI=1S/2C20H16BrF3N2/c2*1-2-26-13-18(15-4-3-5-16(12-15)20(22,23)24)25-19(26)11-8-14-6-9-17(21)10-7-14/h2*3-13H,2H2,1H3/b2*11-8+. The van der Waals surface area contributed by atoms with E-state index in [4.69, 9.17) is 0 Å². The first kappa shape index (κ1) is 38.5. The molecule has 0 saturated heterocycles. The third kappa shape index (κ3) is 10.2. The third-order valence-electron chi connectivity index (χ3n) is 7.86. The lowest BCUT2D eigenvalue weighted by molar-refractivity contribution is -0.138. The van der Waals surface area contributed by atoms with E-state index >= 15 is 0 Å². The molecule has 0 spiro atoms. The van der Waals surface area contributed by atoms with Gasteiger partial charge in [0.2, 0.25) is 0 Å². The first-order valence-corrected chi connectivity index (χ1v) is 17.7. The van der Waals surface area contributed by atoms with Gasteiger partial charge in [0.15, 0.2) is 0 Å². The van der Waals surface area contributed by atoms with Crippen LogP contribution < -0.4 is 0 Å². The Balaban J connectivity index is 0.000000201. The number of nitrogens with zero attached hydrogens (tertiary/aromatic N) is 4. The molecule has 0 aliphatic rings. The highest BCUT2D eigenvalue weighted by molar-refractivity contribution is 9.10. The Morgan fingerprint density at radius 1 is 0.538 bits per heavy atom. The van der Waals surface area contributed by atoms with Gasteiger partial charge in [0.05, 0.1) is 22.5 Å². The SMILES string of the molecule is CCn1cc(-c2cccc(C(F)(F)F)c2)nc1/C=C/c1ccc(Br)cc1.CCn1cc(-c2cccc(C(F)(F)F)c2)nc1/C=C/c1ccc(Br)cc1. The molecule has 0 N–H and O–H groups in total. The van der Waals surface area contributed by atoms with Crippen molar-refractivity contribution in [2.24, 2.45) is 0 Å². The van der Waals surface area contributed by atoms with Crippen LogP contribution in [0.1, 0.15) is 47.8 Å². The number of aromatic nitrogens is 4. The molecule has 0 aliphatic carbocycles. The van der Waals surface area contributed by atoms with E-state index in [1.807, 2.05) is 95.8 Å². The van der Waals surface area contributed by atoms with Gasteiger partial charge in [0, 0.05) is 45.6 Å². The topological polar surface area (TPSA) is 35.6 Å². The fourth-order valence-electron chi connectivity index (χ4n) is 5.11. The van der Waals surface area contributed by atoms with Crippen molar-refractivity contribution >= 4 is 56.2 Å². The molecule has 12 heteroatoms. The van der Waals surface area contributed by atoms with E-state index in [1.54, 1.807) is 24.5 Å². The summed E-state index contributed by atoms with van der Waals surface area (Å²) < 4.78 is 83.4. The van der Waals surface area contributed by atoms with E-state index < -0.39 is 23.5 Å². The maximum absolute atomic E-state index is 12.9. The van der Waals surface area contributed by atoms with Crippen LogP contribution in [0.15, 0.2) is 118 Å². The Hall–Kier alpha value is -4.68. The Morgan fingerprint density at radius 3 is 1.23 bits per heavy atom. The molecule has 0 bridgehead atoms. The number of halogens is 8. The maximum atomic E-state index is 12.9. The van der Waals surface area contributed by atoms with Crippen molar-refractivity contribution in [3.05, 3.63) is 152 Å². The highest BCUT2D eigenvalue weighted by atomic mass is 79.9. The molecule has 0 saturated carbocycles. The van der Waals surface area contributed by atoms with Gasteiger partial charge in [-0.05, 0) is 85.7 Å².